The Bertz CT molecular complexity index is 1050. The number of aromatic nitrogens is 3. The number of thiophene rings is 1. The quantitative estimate of drug-likeness (QED) is 0.379. The van der Waals surface area contributed by atoms with Crippen molar-refractivity contribution in [2.75, 3.05) is 37.8 Å². The van der Waals surface area contributed by atoms with Crippen LogP contribution in [0.25, 0.3) is 0 Å². The third-order valence-corrected chi connectivity index (χ3v) is 7.12. The van der Waals surface area contributed by atoms with E-state index in [-0.39, 0.29) is 24.1 Å². The predicted molar refractivity (Wildman–Crippen MR) is 123 cm³/mol. The van der Waals surface area contributed by atoms with Crippen molar-refractivity contribution in [3.05, 3.63) is 57.3 Å². The molecule has 1 aliphatic heterocycles. The molecular formula is C20H22ClFN6O2S2. The van der Waals surface area contributed by atoms with Crippen LogP contribution >= 0.6 is 34.7 Å². The molecule has 32 heavy (non-hydrogen) atoms. The minimum Gasteiger partial charge on any atom is -0.486 e. The summed E-state index contributed by atoms with van der Waals surface area (Å²) in [6.07, 6.45) is 0. The second kappa shape index (κ2) is 10.5. The molecule has 0 radical (unpaired) electrons. The fourth-order valence-electron chi connectivity index (χ4n) is 3.21. The van der Waals surface area contributed by atoms with Crippen molar-refractivity contribution in [1.29, 1.82) is 0 Å². The molecule has 3 aromatic rings. The second-order valence-electron chi connectivity index (χ2n) is 7.16. The Labute approximate surface area is 198 Å². The molecule has 0 aliphatic carbocycles. The zero-order valence-corrected chi connectivity index (χ0v) is 19.5. The Balaban J connectivity index is 1.21. The first-order valence-electron chi connectivity index (χ1n) is 9.93. The van der Waals surface area contributed by atoms with Crippen LogP contribution in [0.3, 0.4) is 0 Å². The van der Waals surface area contributed by atoms with Gasteiger partial charge in [0.15, 0.2) is 5.82 Å². The summed E-state index contributed by atoms with van der Waals surface area (Å²) in [5, 5.41) is 8.50. The van der Waals surface area contributed by atoms with Crippen molar-refractivity contribution < 1.29 is 13.9 Å². The van der Waals surface area contributed by atoms with Crippen molar-refractivity contribution in [3.8, 4) is 5.75 Å². The molecule has 8 nitrogen and oxygen atoms in total. The van der Waals surface area contributed by atoms with Crippen LogP contribution in [0.5, 0.6) is 5.75 Å². The van der Waals surface area contributed by atoms with Gasteiger partial charge in [-0.05, 0) is 36.4 Å². The van der Waals surface area contributed by atoms with E-state index >= 15 is 0 Å². The number of thioether (sulfide) groups is 1. The van der Waals surface area contributed by atoms with Crippen molar-refractivity contribution in [2.24, 2.45) is 0 Å². The van der Waals surface area contributed by atoms with Gasteiger partial charge in [-0.1, -0.05) is 23.4 Å². The summed E-state index contributed by atoms with van der Waals surface area (Å²) in [6, 6.07) is 9.63. The highest BCUT2D eigenvalue weighted by molar-refractivity contribution is 7.99. The summed E-state index contributed by atoms with van der Waals surface area (Å²) in [4.78, 5) is 18.0. The molecule has 0 bridgehead atoms. The third kappa shape index (κ3) is 5.91. The smallest absolute Gasteiger partial charge is 0.233 e. The molecule has 1 aromatic carbocycles. The van der Waals surface area contributed by atoms with Crippen molar-refractivity contribution in [1.82, 2.24) is 24.7 Å². The van der Waals surface area contributed by atoms with Crippen LogP contribution < -0.4 is 10.6 Å². The number of carbonyl (C=O) groups excluding carboxylic acids is 1. The van der Waals surface area contributed by atoms with Crippen LogP contribution in [-0.4, -0.2) is 62.5 Å². The normalized spacial score (nSPS) is 14.6. The summed E-state index contributed by atoms with van der Waals surface area (Å²) in [5.41, 5.74) is 0. The van der Waals surface area contributed by atoms with Crippen molar-refractivity contribution >= 4 is 40.6 Å². The van der Waals surface area contributed by atoms with Gasteiger partial charge in [0.1, 0.15) is 18.2 Å². The molecule has 3 heterocycles. The molecular weight excluding hydrogens is 475 g/mol. The number of hydrogen-bond donors (Lipinski definition) is 1. The number of amides is 1. The minimum absolute atomic E-state index is 0.0425. The van der Waals surface area contributed by atoms with E-state index in [1.807, 2.05) is 17.0 Å². The highest BCUT2D eigenvalue weighted by Gasteiger charge is 2.22. The van der Waals surface area contributed by atoms with Gasteiger partial charge in [-0.3, -0.25) is 9.69 Å². The van der Waals surface area contributed by atoms with Crippen molar-refractivity contribution in [2.45, 2.75) is 18.3 Å². The van der Waals surface area contributed by atoms with Gasteiger partial charge in [-0.25, -0.2) is 9.07 Å². The molecule has 0 spiro atoms. The fourth-order valence-corrected chi connectivity index (χ4v) is 5.12. The molecule has 2 aromatic heterocycles. The number of nitrogen functional groups attached to an aromatic ring is 1. The number of benzene rings is 1. The molecule has 1 saturated heterocycles. The van der Waals surface area contributed by atoms with E-state index in [4.69, 9.17) is 22.2 Å². The standard InChI is InChI=1S/C20H22ClFN6O2S2/c21-17-6-5-16(32-17)11-26-7-9-27(10-8-26)19(29)13-31-20-25-24-18(28(20)23)12-30-15-3-1-14(22)2-4-15/h1-6H,7-13,23H2. The average molecular weight is 497 g/mol. The molecule has 170 valence electrons. The lowest BCUT2D eigenvalue weighted by atomic mass is 10.3. The number of rotatable bonds is 8. The summed E-state index contributed by atoms with van der Waals surface area (Å²) >= 11 is 8.83. The summed E-state index contributed by atoms with van der Waals surface area (Å²) in [6.45, 7) is 3.96. The SMILES string of the molecule is Nn1c(COc2ccc(F)cc2)nnc1SCC(=O)N1CCN(Cc2ccc(Cl)s2)CC1. The molecule has 4 rings (SSSR count). The van der Waals surface area contributed by atoms with Crippen LogP contribution in [0.2, 0.25) is 4.34 Å². The van der Waals surface area contributed by atoms with Crippen LogP contribution in [0, 0.1) is 5.82 Å². The number of ether oxygens (including phenoxy) is 1. The Morgan fingerprint density at radius 1 is 1.16 bits per heavy atom. The monoisotopic (exact) mass is 496 g/mol. The maximum atomic E-state index is 13.0. The van der Waals surface area contributed by atoms with Gasteiger partial charge in [-0.2, -0.15) is 0 Å². The zero-order chi connectivity index (χ0) is 22.5. The highest BCUT2D eigenvalue weighted by Crippen LogP contribution is 2.23. The Morgan fingerprint density at radius 2 is 1.91 bits per heavy atom. The second-order valence-corrected chi connectivity index (χ2v) is 9.90. The minimum atomic E-state index is -0.337. The van der Waals surface area contributed by atoms with Crippen LogP contribution in [-0.2, 0) is 17.9 Å². The molecule has 0 saturated carbocycles. The van der Waals surface area contributed by atoms with Crippen LogP contribution in [0.15, 0.2) is 41.6 Å². The van der Waals surface area contributed by atoms with Gasteiger partial charge in [0, 0.05) is 37.6 Å². The maximum Gasteiger partial charge on any atom is 0.233 e. The van der Waals surface area contributed by atoms with E-state index < -0.39 is 0 Å². The van der Waals surface area contributed by atoms with Crippen molar-refractivity contribution in [3.63, 3.8) is 0 Å². The lowest BCUT2D eigenvalue weighted by Crippen LogP contribution is -2.48. The maximum absolute atomic E-state index is 13.0. The van der Waals surface area contributed by atoms with E-state index in [0.29, 0.717) is 29.8 Å². The Hall–Kier alpha value is -2.34. The number of nitrogens with zero attached hydrogens (tertiary/aromatic N) is 5. The summed E-state index contributed by atoms with van der Waals surface area (Å²) < 4.78 is 20.6. The van der Waals surface area contributed by atoms with E-state index in [2.05, 4.69) is 15.1 Å². The number of piperazine rings is 1. The number of hydrogen-bond acceptors (Lipinski definition) is 8. The average Bonchev–Trinajstić information content (AvgIpc) is 3.37. The van der Waals surface area contributed by atoms with Gasteiger partial charge in [-0.15, -0.1) is 21.5 Å². The molecule has 1 amide bonds. The molecule has 1 aliphatic rings. The lowest BCUT2D eigenvalue weighted by molar-refractivity contribution is -0.130. The topological polar surface area (TPSA) is 89.5 Å². The van der Waals surface area contributed by atoms with Crippen LogP contribution in [0.4, 0.5) is 4.39 Å². The van der Waals surface area contributed by atoms with Gasteiger partial charge in [0.2, 0.25) is 11.1 Å². The van der Waals surface area contributed by atoms with E-state index in [0.717, 1.165) is 24.0 Å². The third-order valence-electron chi connectivity index (χ3n) is 4.97. The first kappa shape index (κ1) is 22.8. The fraction of sp³-hybridized carbons (Fsp3) is 0.350. The lowest BCUT2D eigenvalue weighted by Gasteiger charge is -2.34. The van der Waals surface area contributed by atoms with E-state index in [1.54, 1.807) is 11.3 Å². The predicted octanol–water partition coefficient (Wildman–Crippen LogP) is 2.86. The molecule has 1 fully saturated rings. The number of carbonyl (C=O) groups is 1. The number of nitrogens with two attached hydrogens (primary N) is 1. The summed E-state index contributed by atoms with van der Waals surface area (Å²) in [5.74, 6) is 6.89. The van der Waals surface area contributed by atoms with Gasteiger partial charge >= 0.3 is 0 Å². The Morgan fingerprint density at radius 3 is 2.59 bits per heavy atom. The molecule has 12 heteroatoms. The first-order valence-corrected chi connectivity index (χ1v) is 12.1. The van der Waals surface area contributed by atoms with Crippen LogP contribution in [0.1, 0.15) is 10.7 Å². The molecule has 0 unspecified atom stereocenters. The van der Waals surface area contributed by atoms with E-state index in [9.17, 15) is 9.18 Å². The van der Waals surface area contributed by atoms with Gasteiger partial charge in [0.25, 0.3) is 0 Å². The first-order chi connectivity index (χ1) is 15.5. The van der Waals surface area contributed by atoms with Gasteiger partial charge < -0.3 is 15.5 Å². The summed E-state index contributed by atoms with van der Waals surface area (Å²) in [7, 11) is 0. The zero-order valence-electron chi connectivity index (χ0n) is 17.1. The largest absolute Gasteiger partial charge is 0.486 e. The highest BCUT2D eigenvalue weighted by atomic mass is 35.5. The van der Waals surface area contributed by atoms with E-state index in [1.165, 1.54) is 45.6 Å². The Kier molecular flexibility index (Phi) is 7.51. The number of halogens is 2. The molecule has 2 N–H and O–H groups in total. The molecule has 0 atom stereocenters. The van der Waals surface area contributed by atoms with Gasteiger partial charge in [0.05, 0.1) is 10.1 Å².